The topological polar surface area (TPSA) is 78.9 Å². The maximum Gasteiger partial charge on any atom is 0.196 e. The van der Waals surface area contributed by atoms with Gasteiger partial charge in [-0.2, -0.15) is 0 Å². The molecule has 0 unspecified atom stereocenters. The smallest absolute Gasteiger partial charge is 0.196 e. The van der Waals surface area contributed by atoms with Crippen molar-refractivity contribution < 1.29 is 4.74 Å². The van der Waals surface area contributed by atoms with Gasteiger partial charge in [-0.15, -0.1) is 33.9 Å². The van der Waals surface area contributed by atoms with Crippen molar-refractivity contribution in [3.63, 3.8) is 0 Å². The summed E-state index contributed by atoms with van der Waals surface area (Å²) in [5.41, 5.74) is 8.54. The SMILES string of the molecule is COc1ccc(-n2c(CCN)nnc2SCc2cncs2)cc1.Cl. The van der Waals surface area contributed by atoms with E-state index < -0.39 is 0 Å². The van der Waals surface area contributed by atoms with Crippen LogP contribution < -0.4 is 10.5 Å². The third-order valence-corrected chi connectivity index (χ3v) is 5.17. The Bertz CT molecular complexity index is 746. The van der Waals surface area contributed by atoms with Crippen molar-refractivity contribution in [1.29, 1.82) is 0 Å². The summed E-state index contributed by atoms with van der Waals surface area (Å²) >= 11 is 3.28. The predicted octanol–water partition coefficient (Wildman–Crippen LogP) is 2.95. The van der Waals surface area contributed by atoms with Crippen LogP contribution in [0.1, 0.15) is 10.7 Å². The van der Waals surface area contributed by atoms with Gasteiger partial charge in [-0.05, 0) is 30.8 Å². The maximum absolute atomic E-state index is 5.70. The highest BCUT2D eigenvalue weighted by Gasteiger charge is 2.14. The molecule has 0 amide bonds. The molecule has 0 saturated carbocycles. The molecule has 9 heteroatoms. The molecule has 0 saturated heterocycles. The third-order valence-electron chi connectivity index (χ3n) is 3.23. The number of aromatic nitrogens is 4. The number of benzene rings is 1. The van der Waals surface area contributed by atoms with Crippen LogP contribution in [0.5, 0.6) is 5.75 Å². The minimum absolute atomic E-state index is 0. The van der Waals surface area contributed by atoms with Gasteiger partial charge in [0.25, 0.3) is 0 Å². The number of ether oxygens (including phenoxy) is 1. The molecule has 24 heavy (non-hydrogen) atoms. The van der Waals surface area contributed by atoms with Gasteiger partial charge in [0, 0.05) is 28.9 Å². The molecule has 6 nitrogen and oxygen atoms in total. The zero-order chi connectivity index (χ0) is 16.1. The number of hydrogen-bond acceptors (Lipinski definition) is 7. The Morgan fingerprint density at radius 1 is 1.25 bits per heavy atom. The van der Waals surface area contributed by atoms with Crippen LogP contribution in [0, 0.1) is 0 Å². The Morgan fingerprint density at radius 3 is 2.67 bits per heavy atom. The summed E-state index contributed by atoms with van der Waals surface area (Å²) in [7, 11) is 1.66. The highest BCUT2D eigenvalue weighted by atomic mass is 35.5. The first-order valence-corrected chi connectivity index (χ1v) is 8.97. The van der Waals surface area contributed by atoms with Crippen molar-refractivity contribution in [2.24, 2.45) is 5.73 Å². The van der Waals surface area contributed by atoms with E-state index in [-0.39, 0.29) is 12.4 Å². The number of hydrogen-bond donors (Lipinski definition) is 1. The molecule has 3 aromatic rings. The summed E-state index contributed by atoms with van der Waals surface area (Å²) in [6.07, 6.45) is 2.56. The first-order valence-electron chi connectivity index (χ1n) is 7.10. The van der Waals surface area contributed by atoms with Crippen molar-refractivity contribution in [2.45, 2.75) is 17.3 Å². The molecular weight excluding hydrogens is 366 g/mol. The maximum atomic E-state index is 5.70. The van der Waals surface area contributed by atoms with Crippen LogP contribution in [0.2, 0.25) is 0 Å². The highest BCUT2D eigenvalue weighted by molar-refractivity contribution is 7.98. The average molecular weight is 384 g/mol. The molecule has 0 bridgehead atoms. The molecular formula is C15H18ClN5OS2. The van der Waals surface area contributed by atoms with Gasteiger partial charge in [0.2, 0.25) is 0 Å². The molecule has 2 aromatic heterocycles. The number of rotatable bonds is 7. The Hall–Kier alpha value is -1.61. The predicted molar refractivity (Wildman–Crippen MR) is 99.6 cm³/mol. The number of halogens is 1. The van der Waals surface area contributed by atoms with Crippen molar-refractivity contribution >= 4 is 35.5 Å². The molecule has 3 rings (SSSR count). The van der Waals surface area contributed by atoms with Crippen molar-refractivity contribution in [1.82, 2.24) is 19.7 Å². The van der Waals surface area contributed by atoms with Gasteiger partial charge in [-0.3, -0.25) is 9.55 Å². The number of thiazole rings is 1. The normalized spacial score (nSPS) is 10.4. The molecule has 0 aliphatic carbocycles. The van der Waals surface area contributed by atoms with Crippen molar-refractivity contribution in [2.75, 3.05) is 13.7 Å². The van der Waals surface area contributed by atoms with Crippen LogP contribution >= 0.6 is 35.5 Å². The van der Waals surface area contributed by atoms with Crippen molar-refractivity contribution in [3.05, 3.63) is 46.7 Å². The molecule has 2 heterocycles. The quantitative estimate of drug-likeness (QED) is 0.632. The highest BCUT2D eigenvalue weighted by Crippen LogP contribution is 2.27. The molecule has 0 aliphatic rings. The van der Waals surface area contributed by atoms with E-state index in [1.165, 1.54) is 4.88 Å². The largest absolute Gasteiger partial charge is 0.497 e. The summed E-state index contributed by atoms with van der Waals surface area (Å²) in [5.74, 6) is 2.51. The molecule has 1 aromatic carbocycles. The van der Waals surface area contributed by atoms with Gasteiger partial charge in [0.15, 0.2) is 5.16 Å². The Kier molecular flexibility index (Phi) is 7.04. The fourth-order valence-corrected chi connectivity index (χ4v) is 3.74. The van der Waals surface area contributed by atoms with Crippen LogP contribution in [-0.4, -0.2) is 33.4 Å². The van der Waals surface area contributed by atoms with E-state index in [0.29, 0.717) is 13.0 Å². The lowest BCUT2D eigenvalue weighted by molar-refractivity contribution is 0.414. The van der Waals surface area contributed by atoms with Gasteiger partial charge in [0.05, 0.1) is 12.6 Å². The summed E-state index contributed by atoms with van der Waals surface area (Å²) in [6, 6.07) is 7.86. The summed E-state index contributed by atoms with van der Waals surface area (Å²) < 4.78 is 7.27. The summed E-state index contributed by atoms with van der Waals surface area (Å²) in [4.78, 5) is 5.31. The van der Waals surface area contributed by atoms with E-state index in [2.05, 4.69) is 19.7 Å². The van der Waals surface area contributed by atoms with Crippen LogP contribution in [0.15, 0.2) is 41.1 Å². The second kappa shape index (κ2) is 9.03. The van der Waals surface area contributed by atoms with E-state index in [0.717, 1.165) is 28.2 Å². The molecule has 0 aliphatic heterocycles. The number of thioether (sulfide) groups is 1. The molecule has 0 atom stereocenters. The zero-order valence-electron chi connectivity index (χ0n) is 13.1. The Balaban J connectivity index is 0.00000208. The monoisotopic (exact) mass is 383 g/mol. The molecule has 0 spiro atoms. The second-order valence-electron chi connectivity index (χ2n) is 4.73. The first kappa shape index (κ1) is 18.7. The number of nitrogens with two attached hydrogens (primary N) is 1. The Labute approximate surface area is 154 Å². The molecule has 0 fully saturated rings. The van der Waals surface area contributed by atoms with Gasteiger partial charge in [-0.1, -0.05) is 11.8 Å². The average Bonchev–Trinajstić information content (AvgIpc) is 3.23. The van der Waals surface area contributed by atoms with E-state index in [4.69, 9.17) is 10.5 Å². The van der Waals surface area contributed by atoms with Crippen LogP contribution in [0.25, 0.3) is 5.69 Å². The summed E-state index contributed by atoms with van der Waals surface area (Å²) in [6.45, 7) is 0.536. The third kappa shape index (κ3) is 4.27. The standard InChI is InChI=1S/C15H17N5OS2.ClH/c1-21-12-4-2-11(3-5-12)20-14(6-7-16)18-19-15(20)22-9-13-8-17-10-23-13;/h2-5,8,10H,6-7,9,16H2,1H3;1H. The van der Waals surface area contributed by atoms with Crippen LogP contribution in [0.4, 0.5) is 0 Å². The second-order valence-corrected chi connectivity index (χ2v) is 6.64. The van der Waals surface area contributed by atoms with E-state index >= 15 is 0 Å². The molecule has 128 valence electrons. The lowest BCUT2D eigenvalue weighted by atomic mass is 10.3. The molecule has 0 radical (unpaired) electrons. The minimum Gasteiger partial charge on any atom is -0.497 e. The van der Waals surface area contributed by atoms with E-state index in [9.17, 15) is 0 Å². The number of methoxy groups -OCH3 is 1. The fourth-order valence-electron chi connectivity index (χ4n) is 2.12. The van der Waals surface area contributed by atoms with Gasteiger partial charge < -0.3 is 10.5 Å². The van der Waals surface area contributed by atoms with Crippen molar-refractivity contribution in [3.8, 4) is 11.4 Å². The zero-order valence-corrected chi connectivity index (χ0v) is 15.5. The fraction of sp³-hybridized carbons (Fsp3) is 0.267. The van der Waals surface area contributed by atoms with E-state index in [1.54, 1.807) is 30.2 Å². The first-order chi connectivity index (χ1) is 11.3. The van der Waals surface area contributed by atoms with E-state index in [1.807, 2.05) is 36.0 Å². The summed E-state index contributed by atoms with van der Waals surface area (Å²) in [5, 5.41) is 9.47. The lowest BCUT2D eigenvalue weighted by Gasteiger charge is -2.10. The van der Waals surface area contributed by atoms with Gasteiger partial charge >= 0.3 is 0 Å². The van der Waals surface area contributed by atoms with Gasteiger partial charge in [-0.25, -0.2) is 0 Å². The Morgan fingerprint density at radius 2 is 2.04 bits per heavy atom. The molecule has 2 N–H and O–H groups in total. The van der Waals surface area contributed by atoms with Crippen LogP contribution in [0.3, 0.4) is 0 Å². The van der Waals surface area contributed by atoms with Gasteiger partial charge in [0.1, 0.15) is 11.6 Å². The minimum atomic E-state index is 0. The lowest BCUT2D eigenvalue weighted by Crippen LogP contribution is -2.09. The number of nitrogens with zero attached hydrogens (tertiary/aromatic N) is 4. The van der Waals surface area contributed by atoms with Crippen LogP contribution in [-0.2, 0) is 12.2 Å².